The van der Waals surface area contributed by atoms with Gasteiger partial charge in [0.25, 0.3) is 5.91 Å². The molecule has 5 nitrogen and oxygen atoms in total. The second-order valence-electron chi connectivity index (χ2n) is 6.29. The van der Waals surface area contributed by atoms with Gasteiger partial charge in [-0.1, -0.05) is 6.07 Å². The van der Waals surface area contributed by atoms with Crippen molar-refractivity contribution in [2.24, 2.45) is 0 Å². The number of nitrogens with zero attached hydrogens (tertiary/aromatic N) is 2. The normalized spacial score (nSPS) is 12.6. The van der Waals surface area contributed by atoms with Crippen molar-refractivity contribution in [1.29, 1.82) is 0 Å². The van der Waals surface area contributed by atoms with Gasteiger partial charge in [-0.15, -0.1) is 11.3 Å². The molecule has 2 aromatic carbocycles. The third kappa shape index (κ3) is 4.62. The minimum absolute atomic E-state index is 0.0639. The van der Waals surface area contributed by atoms with Crippen molar-refractivity contribution in [3.8, 4) is 10.6 Å². The van der Waals surface area contributed by atoms with Crippen LogP contribution in [0.2, 0.25) is 0 Å². The number of amides is 1. The highest BCUT2D eigenvalue weighted by atomic mass is 32.2. The Morgan fingerprint density at radius 1 is 1.06 bits per heavy atom. The number of nitrogens with one attached hydrogen (secondary N) is 1. The number of pyridine rings is 1. The molecule has 2 heterocycles. The largest absolute Gasteiger partial charge is 0.475 e. The van der Waals surface area contributed by atoms with Crippen LogP contribution >= 0.6 is 11.3 Å². The summed E-state index contributed by atoms with van der Waals surface area (Å²) in [5.41, 5.74) is -3.44. The quantitative estimate of drug-likeness (QED) is 0.411. The molecule has 0 bridgehead atoms. The molecule has 11 heteroatoms. The number of carbonyl (C=O) groups excluding carboxylic acids is 1. The number of fused-ring (bicyclic) bond motifs is 1. The summed E-state index contributed by atoms with van der Waals surface area (Å²) in [5.74, 6) is -1.14. The first-order valence-electron chi connectivity index (χ1n) is 8.62. The highest BCUT2D eigenvalue weighted by Crippen LogP contribution is 2.32. The molecular formula is C20H11F4N3O2S2. The molecule has 2 aromatic heterocycles. The van der Waals surface area contributed by atoms with E-state index in [2.05, 4.69) is 15.3 Å². The predicted octanol–water partition coefficient (Wildman–Crippen LogP) is 5.38. The summed E-state index contributed by atoms with van der Waals surface area (Å²) in [7, 11) is -3.23. The maximum atomic E-state index is 13.4. The van der Waals surface area contributed by atoms with Gasteiger partial charge in [0.15, 0.2) is 10.8 Å². The summed E-state index contributed by atoms with van der Waals surface area (Å²) < 4.78 is 63.7. The summed E-state index contributed by atoms with van der Waals surface area (Å²) in [6, 6.07) is 10.8. The van der Waals surface area contributed by atoms with Crippen molar-refractivity contribution < 1.29 is 26.6 Å². The van der Waals surface area contributed by atoms with Gasteiger partial charge in [-0.25, -0.2) is 13.6 Å². The fraction of sp³-hybridized carbons (Fsp3) is 0.0500. The van der Waals surface area contributed by atoms with Gasteiger partial charge in [0.2, 0.25) is 0 Å². The molecule has 0 saturated heterocycles. The third-order valence-electron chi connectivity index (χ3n) is 4.12. The second kappa shape index (κ2) is 8.16. The number of carbonyl (C=O) groups is 1. The van der Waals surface area contributed by atoms with Crippen LogP contribution < -0.4 is 5.32 Å². The van der Waals surface area contributed by atoms with E-state index in [1.807, 2.05) is 0 Å². The number of hydrogen-bond acceptors (Lipinski definition) is 5. The van der Waals surface area contributed by atoms with E-state index < -0.39 is 32.9 Å². The Morgan fingerprint density at radius 3 is 2.61 bits per heavy atom. The zero-order valence-corrected chi connectivity index (χ0v) is 16.9. The molecule has 0 aliphatic heterocycles. The van der Waals surface area contributed by atoms with Crippen LogP contribution in [0.4, 0.5) is 23.2 Å². The Morgan fingerprint density at radius 2 is 1.87 bits per heavy atom. The van der Waals surface area contributed by atoms with Gasteiger partial charge >= 0.3 is 5.51 Å². The fourth-order valence-electron chi connectivity index (χ4n) is 2.74. The van der Waals surface area contributed by atoms with E-state index in [0.717, 1.165) is 18.3 Å². The van der Waals surface area contributed by atoms with Crippen LogP contribution in [0, 0.1) is 5.82 Å². The van der Waals surface area contributed by atoms with Crippen LogP contribution in [0.5, 0.6) is 0 Å². The molecule has 4 aromatic rings. The molecule has 1 amide bonds. The van der Waals surface area contributed by atoms with Gasteiger partial charge in [-0.05, 0) is 42.5 Å². The molecule has 0 aliphatic carbocycles. The highest BCUT2D eigenvalue weighted by Gasteiger charge is 2.38. The van der Waals surface area contributed by atoms with Crippen LogP contribution in [-0.2, 0) is 10.8 Å². The van der Waals surface area contributed by atoms with Crippen LogP contribution in [0.3, 0.4) is 0 Å². The summed E-state index contributed by atoms with van der Waals surface area (Å²) in [4.78, 5) is 20.2. The molecule has 31 heavy (non-hydrogen) atoms. The van der Waals surface area contributed by atoms with Crippen LogP contribution in [0.15, 0.2) is 65.8 Å². The molecule has 1 unspecified atom stereocenters. The molecule has 1 atom stereocenters. The predicted molar refractivity (Wildman–Crippen MR) is 110 cm³/mol. The Hall–Kier alpha value is -3.18. The van der Waals surface area contributed by atoms with E-state index in [9.17, 15) is 26.6 Å². The van der Waals surface area contributed by atoms with Crippen molar-refractivity contribution in [3.05, 3.63) is 72.3 Å². The summed E-state index contributed by atoms with van der Waals surface area (Å²) in [6.07, 6.45) is 2.57. The van der Waals surface area contributed by atoms with E-state index in [1.165, 1.54) is 35.7 Å². The Kier molecular flexibility index (Phi) is 5.54. The van der Waals surface area contributed by atoms with Crippen molar-refractivity contribution in [3.63, 3.8) is 0 Å². The first-order valence-corrected chi connectivity index (χ1v) is 10.6. The van der Waals surface area contributed by atoms with E-state index >= 15 is 0 Å². The molecule has 0 aliphatic rings. The molecule has 0 spiro atoms. The Bertz CT molecular complexity index is 1320. The van der Waals surface area contributed by atoms with E-state index in [0.29, 0.717) is 26.5 Å². The number of thiazole rings is 1. The average molecular weight is 465 g/mol. The summed E-state index contributed by atoms with van der Waals surface area (Å²) in [6.45, 7) is 0. The lowest BCUT2D eigenvalue weighted by Crippen LogP contribution is -2.17. The third-order valence-corrected chi connectivity index (χ3v) is 6.29. The molecule has 0 radical (unpaired) electrons. The Labute approximate surface area is 179 Å². The minimum Gasteiger partial charge on any atom is -0.322 e. The smallest absolute Gasteiger partial charge is 0.322 e. The maximum absolute atomic E-state index is 13.4. The number of alkyl halides is 3. The zero-order chi connectivity index (χ0) is 22.2. The summed E-state index contributed by atoms with van der Waals surface area (Å²) >= 11 is 1.27. The first-order chi connectivity index (χ1) is 14.7. The number of halogens is 4. The van der Waals surface area contributed by atoms with Gasteiger partial charge in [-0.2, -0.15) is 13.2 Å². The van der Waals surface area contributed by atoms with Gasteiger partial charge in [0.05, 0.1) is 16.4 Å². The molecule has 1 N–H and O–H groups in total. The van der Waals surface area contributed by atoms with Crippen LogP contribution in [-0.4, -0.2) is 25.6 Å². The fourth-order valence-corrected chi connectivity index (χ4v) is 4.43. The van der Waals surface area contributed by atoms with E-state index in [4.69, 9.17) is 0 Å². The highest BCUT2D eigenvalue weighted by molar-refractivity contribution is 7.86. The molecular weight excluding hydrogens is 454 g/mol. The van der Waals surface area contributed by atoms with Gasteiger partial charge in [0, 0.05) is 27.9 Å². The van der Waals surface area contributed by atoms with Crippen molar-refractivity contribution >= 4 is 43.9 Å². The number of benzene rings is 2. The van der Waals surface area contributed by atoms with Crippen molar-refractivity contribution in [1.82, 2.24) is 9.97 Å². The SMILES string of the molecule is O=C(Nc1ccc2nc(-c3cncc(F)c3)sc2c1)c1cccc(S(=O)C(F)(F)F)c1. The van der Waals surface area contributed by atoms with Gasteiger partial charge in [-0.3, -0.25) is 9.78 Å². The molecule has 0 saturated carbocycles. The molecule has 158 valence electrons. The number of rotatable bonds is 4. The lowest BCUT2D eigenvalue weighted by atomic mass is 10.2. The van der Waals surface area contributed by atoms with Gasteiger partial charge < -0.3 is 5.32 Å². The lowest BCUT2D eigenvalue weighted by molar-refractivity contribution is -0.0384. The van der Waals surface area contributed by atoms with Crippen LogP contribution in [0.25, 0.3) is 20.8 Å². The van der Waals surface area contributed by atoms with E-state index in [-0.39, 0.29) is 5.56 Å². The van der Waals surface area contributed by atoms with Crippen LogP contribution in [0.1, 0.15) is 10.4 Å². The standard InChI is InChI=1S/C20H11F4N3O2S2/c21-13-6-12(9-25-10-13)19-27-16-5-4-14(8-17(16)30-19)26-18(28)11-2-1-3-15(7-11)31(29)20(22,23)24/h1-10H,(H,26,28). The number of hydrogen-bond donors (Lipinski definition) is 1. The van der Waals surface area contributed by atoms with E-state index in [1.54, 1.807) is 18.2 Å². The number of aromatic nitrogens is 2. The zero-order valence-electron chi connectivity index (χ0n) is 15.3. The lowest BCUT2D eigenvalue weighted by Gasteiger charge is -2.09. The first kappa shape index (κ1) is 21.1. The monoisotopic (exact) mass is 465 g/mol. The maximum Gasteiger partial charge on any atom is 0.475 e. The average Bonchev–Trinajstić information content (AvgIpc) is 3.16. The van der Waals surface area contributed by atoms with Gasteiger partial charge in [0.1, 0.15) is 10.8 Å². The van der Waals surface area contributed by atoms with Crippen molar-refractivity contribution in [2.45, 2.75) is 10.4 Å². The summed E-state index contributed by atoms with van der Waals surface area (Å²) in [5, 5.41) is 3.15. The van der Waals surface area contributed by atoms with Crippen molar-refractivity contribution in [2.75, 3.05) is 5.32 Å². The number of anilines is 1. The molecule has 4 rings (SSSR count). The minimum atomic E-state index is -4.92. The topological polar surface area (TPSA) is 72.0 Å². The Balaban J connectivity index is 1.57. The second-order valence-corrected chi connectivity index (χ2v) is 8.79. The molecule has 0 fully saturated rings.